The summed E-state index contributed by atoms with van der Waals surface area (Å²) in [6.45, 7) is 0. The largest absolute Gasteiger partial charge is 0.198 e. The number of allylic oxidation sites excluding steroid dienone is 2. The molecule has 0 unspecified atom stereocenters. The topological polar surface area (TPSA) is 23.8 Å². The van der Waals surface area contributed by atoms with Crippen molar-refractivity contribution >= 4 is 0 Å². The summed E-state index contributed by atoms with van der Waals surface area (Å²) in [6, 6.07) is 2.17. The fraction of sp³-hybridized carbons (Fsp3) is 0.625. The van der Waals surface area contributed by atoms with Crippen LogP contribution in [-0.2, 0) is 0 Å². The third-order valence-corrected chi connectivity index (χ3v) is 1.69. The molecule has 0 saturated carbocycles. The van der Waals surface area contributed by atoms with Crippen LogP contribution in [0.2, 0.25) is 0 Å². The number of hydrogen-bond donors (Lipinski definition) is 0. The average Bonchev–Trinajstić information content (AvgIpc) is 1.91. The first kappa shape index (κ1) is 6.35. The summed E-state index contributed by atoms with van der Waals surface area (Å²) in [5.74, 6) is 0. The first-order valence-corrected chi connectivity index (χ1v) is 3.48. The van der Waals surface area contributed by atoms with E-state index >= 15 is 0 Å². The maximum absolute atomic E-state index is 8.33. The fourth-order valence-corrected chi connectivity index (χ4v) is 1.17. The second-order valence-corrected chi connectivity index (χ2v) is 2.44. The number of rotatable bonds is 1. The van der Waals surface area contributed by atoms with Crippen molar-refractivity contribution < 1.29 is 0 Å². The van der Waals surface area contributed by atoms with E-state index < -0.39 is 0 Å². The lowest BCUT2D eigenvalue weighted by molar-refractivity contribution is 0.692. The lowest BCUT2D eigenvalue weighted by atomic mass is 9.98. The van der Waals surface area contributed by atoms with Crippen molar-refractivity contribution in [2.75, 3.05) is 0 Å². The molecule has 1 aliphatic carbocycles. The van der Waals surface area contributed by atoms with Gasteiger partial charge >= 0.3 is 0 Å². The minimum absolute atomic E-state index is 0.653. The molecule has 1 nitrogen and oxygen atoms in total. The maximum atomic E-state index is 8.33. The van der Waals surface area contributed by atoms with Crippen molar-refractivity contribution in [3.05, 3.63) is 11.6 Å². The molecule has 0 atom stereocenters. The number of hydrogen-bond acceptors (Lipinski definition) is 1. The molecule has 0 heterocycles. The van der Waals surface area contributed by atoms with E-state index in [1.54, 1.807) is 0 Å². The van der Waals surface area contributed by atoms with E-state index in [2.05, 4.69) is 12.1 Å². The third-order valence-electron chi connectivity index (χ3n) is 1.69. The Morgan fingerprint density at radius 1 is 1.56 bits per heavy atom. The molecular formula is C8H11N. The summed E-state index contributed by atoms with van der Waals surface area (Å²) in [4.78, 5) is 0. The predicted octanol–water partition coefficient (Wildman–Crippen LogP) is 2.40. The minimum Gasteiger partial charge on any atom is -0.198 e. The van der Waals surface area contributed by atoms with Gasteiger partial charge < -0.3 is 0 Å². The van der Waals surface area contributed by atoms with Gasteiger partial charge in [-0.3, -0.25) is 0 Å². The smallest absolute Gasteiger partial charge is 0.0666 e. The van der Waals surface area contributed by atoms with Crippen LogP contribution in [0.25, 0.3) is 0 Å². The van der Waals surface area contributed by atoms with Crippen molar-refractivity contribution in [3.8, 4) is 6.07 Å². The Kier molecular flexibility index (Phi) is 2.32. The normalized spacial score (nSPS) is 18.3. The lowest BCUT2D eigenvalue weighted by Crippen LogP contribution is -1.89. The van der Waals surface area contributed by atoms with Crippen LogP contribution in [0.4, 0.5) is 0 Å². The van der Waals surface area contributed by atoms with Crippen LogP contribution in [0.1, 0.15) is 32.1 Å². The first-order chi connectivity index (χ1) is 4.43. The quantitative estimate of drug-likeness (QED) is 0.489. The van der Waals surface area contributed by atoms with E-state index in [0.717, 1.165) is 6.42 Å². The van der Waals surface area contributed by atoms with Crippen LogP contribution in [0, 0.1) is 11.3 Å². The van der Waals surface area contributed by atoms with Crippen LogP contribution in [0.15, 0.2) is 11.6 Å². The van der Waals surface area contributed by atoms with Crippen molar-refractivity contribution in [2.24, 2.45) is 0 Å². The average molecular weight is 121 g/mol. The molecule has 0 aromatic heterocycles. The Morgan fingerprint density at radius 3 is 3.00 bits per heavy atom. The molecule has 0 N–H and O–H groups in total. The van der Waals surface area contributed by atoms with Gasteiger partial charge in [0.2, 0.25) is 0 Å². The summed E-state index contributed by atoms with van der Waals surface area (Å²) in [6.07, 6.45) is 7.82. The van der Waals surface area contributed by atoms with Crippen LogP contribution in [0.5, 0.6) is 0 Å². The van der Waals surface area contributed by atoms with Gasteiger partial charge in [0.25, 0.3) is 0 Å². The van der Waals surface area contributed by atoms with Gasteiger partial charge in [0.1, 0.15) is 0 Å². The zero-order chi connectivity index (χ0) is 6.53. The highest BCUT2D eigenvalue weighted by molar-refractivity contribution is 5.09. The SMILES string of the molecule is N#CCC1=CCCCC1. The maximum Gasteiger partial charge on any atom is 0.0666 e. The van der Waals surface area contributed by atoms with Crippen molar-refractivity contribution in [1.82, 2.24) is 0 Å². The minimum atomic E-state index is 0.653. The Bertz CT molecular complexity index is 150. The van der Waals surface area contributed by atoms with Gasteiger partial charge in [-0.05, 0) is 25.7 Å². The third kappa shape index (κ3) is 1.89. The Labute approximate surface area is 56.0 Å². The van der Waals surface area contributed by atoms with Crippen LogP contribution < -0.4 is 0 Å². The number of nitrogens with zero attached hydrogens (tertiary/aromatic N) is 1. The van der Waals surface area contributed by atoms with Crippen LogP contribution in [0.3, 0.4) is 0 Å². The highest BCUT2D eigenvalue weighted by Crippen LogP contribution is 2.18. The highest BCUT2D eigenvalue weighted by Gasteiger charge is 2.00. The van der Waals surface area contributed by atoms with Gasteiger partial charge in [0.05, 0.1) is 12.5 Å². The summed E-state index contributed by atoms with van der Waals surface area (Å²) < 4.78 is 0. The van der Waals surface area contributed by atoms with Gasteiger partial charge in [-0.1, -0.05) is 11.6 Å². The molecule has 9 heavy (non-hydrogen) atoms. The predicted molar refractivity (Wildman–Crippen MR) is 36.8 cm³/mol. The van der Waals surface area contributed by atoms with Crippen LogP contribution in [-0.4, -0.2) is 0 Å². The van der Waals surface area contributed by atoms with Gasteiger partial charge in [-0.2, -0.15) is 5.26 Å². The molecule has 0 bridgehead atoms. The Morgan fingerprint density at radius 2 is 2.44 bits per heavy atom. The second-order valence-electron chi connectivity index (χ2n) is 2.44. The molecule has 48 valence electrons. The van der Waals surface area contributed by atoms with Gasteiger partial charge in [-0.15, -0.1) is 0 Å². The van der Waals surface area contributed by atoms with Gasteiger partial charge in [0.15, 0.2) is 0 Å². The van der Waals surface area contributed by atoms with E-state index in [9.17, 15) is 0 Å². The molecular weight excluding hydrogens is 110 g/mol. The standard InChI is InChI=1S/C8H11N/c9-7-6-8-4-2-1-3-5-8/h4H,1-3,5-6H2. The molecule has 0 amide bonds. The molecule has 0 spiro atoms. The molecule has 1 aliphatic rings. The van der Waals surface area contributed by atoms with E-state index in [1.807, 2.05) is 0 Å². The summed E-state index contributed by atoms with van der Waals surface area (Å²) in [7, 11) is 0. The zero-order valence-electron chi connectivity index (χ0n) is 5.56. The molecule has 0 aromatic carbocycles. The molecule has 1 rings (SSSR count). The highest BCUT2D eigenvalue weighted by atomic mass is 14.2. The summed E-state index contributed by atoms with van der Waals surface area (Å²) >= 11 is 0. The molecule has 0 aromatic rings. The fourth-order valence-electron chi connectivity index (χ4n) is 1.17. The van der Waals surface area contributed by atoms with E-state index in [1.165, 1.54) is 24.8 Å². The molecule has 0 aliphatic heterocycles. The second kappa shape index (κ2) is 3.29. The molecule has 1 heteroatoms. The van der Waals surface area contributed by atoms with Crippen molar-refractivity contribution in [2.45, 2.75) is 32.1 Å². The Balaban J connectivity index is 2.39. The van der Waals surface area contributed by atoms with Gasteiger partial charge in [-0.25, -0.2) is 0 Å². The number of nitriles is 1. The first-order valence-electron chi connectivity index (χ1n) is 3.48. The Hall–Kier alpha value is -0.770. The van der Waals surface area contributed by atoms with E-state index in [4.69, 9.17) is 5.26 Å². The van der Waals surface area contributed by atoms with Crippen molar-refractivity contribution in [3.63, 3.8) is 0 Å². The van der Waals surface area contributed by atoms with E-state index in [-0.39, 0.29) is 0 Å². The van der Waals surface area contributed by atoms with E-state index in [0.29, 0.717) is 6.42 Å². The molecule has 0 radical (unpaired) electrons. The summed E-state index contributed by atoms with van der Waals surface area (Å²) in [5.41, 5.74) is 1.35. The van der Waals surface area contributed by atoms with Gasteiger partial charge in [0, 0.05) is 0 Å². The lowest BCUT2D eigenvalue weighted by Gasteiger charge is -2.07. The van der Waals surface area contributed by atoms with Crippen LogP contribution >= 0.6 is 0 Å². The monoisotopic (exact) mass is 121 g/mol. The zero-order valence-corrected chi connectivity index (χ0v) is 5.56. The summed E-state index contributed by atoms with van der Waals surface area (Å²) in [5, 5.41) is 8.33. The van der Waals surface area contributed by atoms with Crippen molar-refractivity contribution in [1.29, 1.82) is 5.26 Å². The molecule has 0 fully saturated rings. The molecule has 0 saturated heterocycles.